The van der Waals surface area contributed by atoms with Gasteiger partial charge < -0.3 is 10.1 Å². The highest BCUT2D eigenvalue weighted by molar-refractivity contribution is 5.91. The predicted octanol–water partition coefficient (Wildman–Crippen LogP) is 2.17. The summed E-state index contributed by atoms with van der Waals surface area (Å²) >= 11 is 0. The van der Waals surface area contributed by atoms with Crippen LogP contribution in [0.2, 0.25) is 0 Å². The molecule has 2 rings (SSSR count). The van der Waals surface area contributed by atoms with E-state index in [4.69, 9.17) is 4.74 Å². The van der Waals surface area contributed by atoms with E-state index in [9.17, 15) is 0 Å². The van der Waals surface area contributed by atoms with E-state index in [1.807, 2.05) is 24.3 Å². The van der Waals surface area contributed by atoms with Crippen LogP contribution in [-0.2, 0) is 11.3 Å². The Labute approximate surface area is 83.1 Å². The first-order valence-corrected chi connectivity index (χ1v) is 4.53. The number of nitrogens with zero attached hydrogens (tertiary/aromatic N) is 1. The van der Waals surface area contributed by atoms with Gasteiger partial charge in [-0.15, -0.1) is 6.58 Å². The van der Waals surface area contributed by atoms with Crippen LogP contribution in [0.25, 0.3) is 0 Å². The molecule has 0 atom stereocenters. The molecule has 0 aromatic heterocycles. The summed E-state index contributed by atoms with van der Waals surface area (Å²) in [5, 5.41) is 3.11. The third-order valence-corrected chi connectivity index (χ3v) is 1.99. The van der Waals surface area contributed by atoms with Gasteiger partial charge in [-0.05, 0) is 6.07 Å². The SMILES string of the molecule is C=CCN=C1Nc2ccccc2CO1. The van der Waals surface area contributed by atoms with E-state index in [1.165, 1.54) is 0 Å². The number of anilines is 1. The van der Waals surface area contributed by atoms with E-state index in [2.05, 4.69) is 16.9 Å². The van der Waals surface area contributed by atoms with Gasteiger partial charge in [-0.25, -0.2) is 4.99 Å². The standard InChI is InChI=1S/C11H12N2O/c1-2-7-12-11-13-10-6-4-3-5-9(10)8-14-11/h2-6H,1,7-8H2,(H,12,13). The minimum atomic E-state index is 0.573. The highest BCUT2D eigenvalue weighted by Crippen LogP contribution is 2.20. The van der Waals surface area contributed by atoms with Crippen LogP contribution in [-0.4, -0.2) is 12.6 Å². The second kappa shape index (κ2) is 3.96. The fraction of sp³-hybridized carbons (Fsp3) is 0.182. The van der Waals surface area contributed by atoms with Crippen LogP contribution < -0.4 is 5.32 Å². The second-order valence-corrected chi connectivity index (χ2v) is 3.01. The number of hydrogen-bond acceptors (Lipinski definition) is 2. The quantitative estimate of drug-likeness (QED) is 0.721. The Balaban J connectivity index is 2.17. The highest BCUT2D eigenvalue weighted by Gasteiger charge is 2.12. The zero-order chi connectivity index (χ0) is 9.80. The van der Waals surface area contributed by atoms with Crippen molar-refractivity contribution in [3.8, 4) is 0 Å². The topological polar surface area (TPSA) is 33.6 Å². The Kier molecular flexibility index (Phi) is 2.49. The molecule has 0 radical (unpaired) electrons. The van der Waals surface area contributed by atoms with Gasteiger partial charge in [0.25, 0.3) is 6.02 Å². The van der Waals surface area contributed by atoms with E-state index in [1.54, 1.807) is 6.08 Å². The molecule has 1 heterocycles. The van der Waals surface area contributed by atoms with Crippen molar-refractivity contribution in [1.29, 1.82) is 0 Å². The summed E-state index contributed by atoms with van der Waals surface area (Å²) in [5.41, 5.74) is 2.23. The molecule has 0 unspecified atom stereocenters. The predicted molar refractivity (Wildman–Crippen MR) is 57.4 cm³/mol. The fourth-order valence-electron chi connectivity index (χ4n) is 1.30. The zero-order valence-corrected chi connectivity index (χ0v) is 7.86. The summed E-state index contributed by atoms with van der Waals surface area (Å²) < 4.78 is 5.40. The minimum Gasteiger partial charge on any atom is -0.460 e. The van der Waals surface area contributed by atoms with Crippen molar-refractivity contribution in [2.75, 3.05) is 11.9 Å². The summed E-state index contributed by atoms with van der Waals surface area (Å²) in [6.45, 7) is 4.76. The summed E-state index contributed by atoms with van der Waals surface area (Å²) in [4.78, 5) is 4.17. The van der Waals surface area contributed by atoms with Gasteiger partial charge in [-0.1, -0.05) is 24.3 Å². The van der Waals surface area contributed by atoms with E-state index in [0.717, 1.165) is 11.3 Å². The van der Waals surface area contributed by atoms with Crippen LogP contribution in [0.5, 0.6) is 0 Å². The van der Waals surface area contributed by atoms with Crippen LogP contribution in [0.1, 0.15) is 5.56 Å². The van der Waals surface area contributed by atoms with E-state index in [0.29, 0.717) is 19.2 Å². The van der Waals surface area contributed by atoms with Crippen LogP contribution in [0.3, 0.4) is 0 Å². The molecule has 1 aliphatic heterocycles. The summed E-state index contributed by atoms with van der Waals surface area (Å²) in [5.74, 6) is 0. The smallest absolute Gasteiger partial charge is 0.289 e. The molecule has 0 spiro atoms. The Morgan fingerprint density at radius 3 is 3.21 bits per heavy atom. The lowest BCUT2D eigenvalue weighted by molar-refractivity contribution is 0.285. The molecule has 0 amide bonds. The number of fused-ring (bicyclic) bond motifs is 1. The van der Waals surface area contributed by atoms with Crippen molar-refractivity contribution in [1.82, 2.24) is 0 Å². The Morgan fingerprint density at radius 2 is 2.36 bits per heavy atom. The Bertz CT molecular complexity index is 371. The lowest BCUT2D eigenvalue weighted by Crippen LogP contribution is -2.22. The zero-order valence-electron chi connectivity index (χ0n) is 7.86. The molecule has 72 valence electrons. The van der Waals surface area contributed by atoms with Gasteiger partial charge in [0.2, 0.25) is 0 Å². The highest BCUT2D eigenvalue weighted by atomic mass is 16.5. The molecular weight excluding hydrogens is 176 g/mol. The monoisotopic (exact) mass is 188 g/mol. The van der Waals surface area contributed by atoms with Crippen LogP contribution in [0.15, 0.2) is 41.9 Å². The van der Waals surface area contributed by atoms with Crippen molar-refractivity contribution in [2.45, 2.75) is 6.61 Å². The summed E-state index contributed by atoms with van der Waals surface area (Å²) in [6, 6.07) is 8.61. The van der Waals surface area contributed by atoms with Crippen LogP contribution in [0.4, 0.5) is 5.69 Å². The van der Waals surface area contributed by atoms with Gasteiger partial charge in [-0.3, -0.25) is 0 Å². The second-order valence-electron chi connectivity index (χ2n) is 3.01. The molecule has 1 aromatic carbocycles. The first-order valence-electron chi connectivity index (χ1n) is 4.53. The lowest BCUT2D eigenvalue weighted by atomic mass is 10.2. The van der Waals surface area contributed by atoms with Crippen molar-refractivity contribution in [3.63, 3.8) is 0 Å². The van der Waals surface area contributed by atoms with Crippen LogP contribution in [0, 0.1) is 0 Å². The van der Waals surface area contributed by atoms with Gasteiger partial charge in [0.15, 0.2) is 0 Å². The molecule has 0 fully saturated rings. The normalized spacial score (nSPS) is 16.7. The van der Waals surface area contributed by atoms with Gasteiger partial charge in [0, 0.05) is 11.3 Å². The number of ether oxygens (including phenoxy) is 1. The van der Waals surface area contributed by atoms with Crippen LogP contribution >= 0.6 is 0 Å². The fourth-order valence-corrected chi connectivity index (χ4v) is 1.30. The van der Waals surface area contributed by atoms with E-state index >= 15 is 0 Å². The molecule has 3 heteroatoms. The van der Waals surface area contributed by atoms with Crippen molar-refractivity contribution < 1.29 is 4.74 Å². The molecule has 0 saturated heterocycles. The summed E-state index contributed by atoms with van der Waals surface area (Å²) in [6.07, 6.45) is 1.73. The number of nitrogens with one attached hydrogen (secondary N) is 1. The maximum atomic E-state index is 5.40. The van der Waals surface area contributed by atoms with Crippen molar-refractivity contribution in [3.05, 3.63) is 42.5 Å². The first kappa shape index (κ1) is 8.81. The van der Waals surface area contributed by atoms with Gasteiger partial charge in [0.05, 0.1) is 6.54 Å². The number of rotatable bonds is 2. The van der Waals surface area contributed by atoms with Gasteiger partial charge >= 0.3 is 0 Å². The molecule has 1 N–H and O–H groups in total. The maximum Gasteiger partial charge on any atom is 0.289 e. The number of benzene rings is 1. The number of para-hydroxylation sites is 1. The average Bonchev–Trinajstić information content (AvgIpc) is 2.26. The molecule has 0 saturated carbocycles. The molecule has 1 aromatic rings. The lowest BCUT2D eigenvalue weighted by Gasteiger charge is -2.19. The van der Waals surface area contributed by atoms with Crippen molar-refractivity contribution in [2.24, 2.45) is 4.99 Å². The summed E-state index contributed by atoms with van der Waals surface area (Å²) in [7, 11) is 0. The van der Waals surface area contributed by atoms with Gasteiger partial charge in [-0.2, -0.15) is 0 Å². The van der Waals surface area contributed by atoms with Gasteiger partial charge in [0.1, 0.15) is 6.61 Å². The first-order chi connectivity index (χ1) is 6.90. The van der Waals surface area contributed by atoms with Crippen molar-refractivity contribution >= 4 is 11.7 Å². The third kappa shape index (κ3) is 1.76. The van der Waals surface area contributed by atoms with E-state index in [-0.39, 0.29) is 0 Å². The molecule has 3 nitrogen and oxygen atoms in total. The molecule has 0 aliphatic carbocycles. The number of hydrogen-bond donors (Lipinski definition) is 1. The minimum absolute atomic E-state index is 0.573. The largest absolute Gasteiger partial charge is 0.460 e. The average molecular weight is 188 g/mol. The molecule has 0 bridgehead atoms. The molecular formula is C11H12N2O. The molecule has 14 heavy (non-hydrogen) atoms. The number of aliphatic imine (C=N–C) groups is 1. The Hall–Kier alpha value is -1.77. The van der Waals surface area contributed by atoms with E-state index < -0.39 is 0 Å². The maximum absolute atomic E-state index is 5.40. The third-order valence-electron chi connectivity index (χ3n) is 1.99. The number of amidine groups is 1. The Morgan fingerprint density at radius 1 is 1.50 bits per heavy atom. The molecule has 1 aliphatic rings.